The third-order valence-corrected chi connectivity index (χ3v) is 3.79. The van der Waals surface area contributed by atoms with Crippen LogP contribution in [-0.4, -0.2) is 9.97 Å². The molecule has 0 aliphatic carbocycles. The van der Waals surface area contributed by atoms with E-state index in [1.165, 1.54) is 0 Å². The van der Waals surface area contributed by atoms with Crippen molar-refractivity contribution >= 4 is 5.69 Å². The van der Waals surface area contributed by atoms with Crippen molar-refractivity contribution in [1.82, 2.24) is 9.97 Å². The molecule has 4 nitrogen and oxygen atoms in total. The number of rotatable bonds is 4. The van der Waals surface area contributed by atoms with Crippen LogP contribution in [0.1, 0.15) is 18.2 Å². The van der Waals surface area contributed by atoms with Gasteiger partial charge in [0.2, 0.25) is 0 Å². The molecule has 0 saturated carbocycles. The van der Waals surface area contributed by atoms with Crippen LogP contribution in [0.15, 0.2) is 66.6 Å². The lowest BCUT2D eigenvalue weighted by atomic mass is 10.1. The number of aromatic nitrogens is 2. The molecule has 2 aromatic heterocycles. The van der Waals surface area contributed by atoms with E-state index in [-0.39, 0.29) is 12.3 Å². The van der Waals surface area contributed by atoms with Crippen LogP contribution < -0.4 is 4.90 Å². The molecule has 0 spiro atoms. The van der Waals surface area contributed by atoms with Gasteiger partial charge in [-0.25, -0.2) is 8.78 Å². The second kappa shape index (κ2) is 6.84. The van der Waals surface area contributed by atoms with Crippen LogP contribution in [0.2, 0.25) is 0 Å². The van der Waals surface area contributed by atoms with Gasteiger partial charge in [-0.05, 0) is 31.6 Å². The van der Waals surface area contributed by atoms with Crippen LogP contribution in [-0.2, 0) is 11.3 Å². The number of aryl methyl sites for hydroxylation is 1. The second-order valence-electron chi connectivity index (χ2n) is 5.69. The molecule has 2 aromatic rings. The van der Waals surface area contributed by atoms with Crippen molar-refractivity contribution in [1.29, 1.82) is 0 Å². The highest BCUT2D eigenvalue weighted by atomic mass is 19.1. The van der Waals surface area contributed by atoms with E-state index in [2.05, 4.69) is 16.5 Å². The summed E-state index contributed by atoms with van der Waals surface area (Å²) in [7, 11) is 0. The lowest BCUT2D eigenvalue weighted by molar-refractivity contribution is 0.201. The van der Waals surface area contributed by atoms with Gasteiger partial charge in [0.1, 0.15) is 23.9 Å². The summed E-state index contributed by atoms with van der Waals surface area (Å²) in [6, 6.07) is 2.70. The molecule has 0 N–H and O–H groups in total. The molecular weight excluding hydrogens is 324 g/mol. The zero-order chi connectivity index (χ0) is 18.0. The van der Waals surface area contributed by atoms with Crippen molar-refractivity contribution in [3.63, 3.8) is 0 Å². The summed E-state index contributed by atoms with van der Waals surface area (Å²) in [6.45, 7) is 7.88. The Kier molecular flexibility index (Phi) is 4.61. The van der Waals surface area contributed by atoms with Crippen LogP contribution in [0.3, 0.4) is 0 Å². The molecule has 0 fully saturated rings. The van der Waals surface area contributed by atoms with Gasteiger partial charge in [-0.2, -0.15) is 0 Å². The maximum atomic E-state index is 13.6. The molecule has 1 aliphatic rings. The zero-order valence-corrected chi connectivity index (χ0v) is 14.0. The van der Waals surface area contributed by atoms with Crippen molar-refractivity contribution in [2.24, 2.45) is 0 Å². The minimum absolute atomic E-state index is 0.0476. The summed E-state index contributed by atoms with van der Waals surface area (Å²) >= 11 is 0. The molecule has 0 saturated heterocycles. The fourth-order valence-electron chi connectivity index (χ4n) is 2.61. The third-order valence-electron chi connectivity index (χ3n) is 3.79. The van der Waals surface area contributed by atoms with E-state index in [1.807, 2.05) is 30.9 Å². The van der Waals surface area contributed by atoms with Crippen LogP contribution >= 0.6 is 0 Å². The molecule has 0 atom stereocenters. The monoisotopic (exact) mass is 341 g/mol. The van der Waals surface area contributed by atoms with Crippen LogP contribution in [0.5, 0.6) is 0 Å². The van der Waals surface area contributed by atoms with E-state index in [4.69, 9.17) is 4.74 Å². The smallest absolute Gasteiger partial charge is 0.151 e. The standard InChI is InChI=1S/C19H17F2N3O/c1-12-9-22-5-4-19(12)24-13(2)6-16(7-14(24)3)25-11-18-17(21)8-15(20)10-23-18/h4-10H,2,11H2,1,3H3. The Morgan fingerprint density at radius 3 is 2.68 bits per heavy atom. The molecule has 0 amide bonds. The van der Waals surface area contributed by atoms with E-state index in [9.17, 15) is 8.78 Å². The minimum atomic E-state index is -0.732. The predicted molar refractivity (Wildman–Crippen MR) is 91.4 cm³/mol. The summed E-state index contributed by atoms with van der Waals surface area (Å²) in [4.78, 5) is 9.80. The first-order valence-electron chi connectivity index (χ1n) is 7.68. The summed E-state index contributed by atoms with van der Waals surface area (Å²) in [5.74, 6) is -0.911. The number of nitrogens with zero attached hydrogens (tertiary/aromatic N) is 3. The molecule has 3 heterocycles. The van der Waals surface area contributed by atoms with E-state index >= 15 is 0 Å². The van der Waals surface area contributed by atoms with Gasteiger partial charge in [0.05, 0.1) is 11.9 Å². The van der Waals surface area contributed by atoms with Crippen LogP contribution in [0.4, 0.5) is 14.5 Å². The first kappa shape index (κ1) is 16.8. The highest BCUT2D eigenvalue weighted by Gasteiger charge is 2.19. The third kappa shape index (κ3) is 3.57. The molecule has 128 valence electrons. The Labute approximate surface area is 144 Å². The van der Waals surface area contributed by atoms with Gasteiger partial charge in [-0.3, -0.25) is 9.97 Å². The SMILES string of the molecule is C=C1C=C(OCc2ncc(F)cc2F)C=C(C)N1c1ccncc1C. The van der Waals surface area contributed by atoms with E-state index < -0.39 is 11.6 Å². The number of ether oxygens (including phenoxy) is 1. The van der Waals surface area contributed by atoms with E-state index in [1.54, 1.807) is 18.5 Å². The minimum Gasteiger partial charge on any atom is -0.487 e. The predicted octanol–water partition coefficient (Wildman–Crippen LogP) is 4.40. The van der Waals surface area contributed by atoms with Crippen molar-refractivity contribution in [3.05, 3.63) is 89.5 Å². The highest BCUT2D eigenvalue weighted by molar-refractivity contribution is 5.65. The summed E-state index contributed by atoms with van der Waals surface area (Å²) in [5.41, 5.74) is 3.68. The molecule has 3 rings (SSSR count). The number of hydrogen-bond donors (Lipinski definition) is 0. The maximum Gasteiger partial charge on any atom is 0.151 e. The van der Waals surface area contributed by atoms with Crippen LogP contribution in [0.25, 0.3) is 0 Å². The van der Waals surface area contributed by atoms with E-state index in [0.717, 1.165) is 34.9 Å². The number of anilines is 1. The number of pyridine rings is 2. The topological polar surface area (TPSA) is 38.2 Å². The van der Waals surface area contributed by atoms with Crippen molar-refractivity contribution in [2.45, 2.75) is 20.5 Å². The van der Waals surface area contributed by atoms with Gasteiger partial charge in [-0.15, -0.1) is 0 Å². The molecule has 1 aliphatic heterocycles. The quantitative estimate of drug-likeness (QED) is 0.826. The highest BCUT2D eigenvalue weighted by Crippen LogP contribution is 2.31. The average Bonchev–Trinajstić information content (AvgIpc) is 2.55. The Morgan fingerprint density at radius 2 is 2.00 bits per heavy atom. The Bertz CT molecular complexity index is 890. The summed E-state index contributed by atoms with van der Waals surface area (Å²) < 4.78 is 32.1. The molecule has 0 unspecified atom stereocenters. The number of hydrogen-bond acceptors (Lipinski definition) is 4. The van der Waals surface area contributed by atoms with Gasteiger partial charge >= 0.3 is 0 Å². The van der Waals surface area contributed by atoms with Crippen molar-refractivity contribution in [2.75, 3.05) is 4.90 Å². The van der Waals surface area contributed by atoms with Gasteiger partial charge < -0.3 is 9.64 Å². The average molecular weight is 341 g/mol. The Hall–Kier alpha value is -3.02. The molecule has 25 heavy (non-hydrogen) atoms. The molecule has 0 aromatic carbocycles. The first-order valence-corrected chi connectivity index (χ1v) is 7.68. The maximum absolute atomic E-state index is 13.6. The lowest BCUT2D eigenvalue weighted by Gasteiger charge is -2.30. The van der Waals surface area contributed by atoms with Gasteiger partial charge in [-0.1, -0.05) is 6.58 Å². The molecule has 0 bridgehead atoms. The fourth-order valence-corrected chi connectivity index (χ4v) is 2.61. The van der Waals surface area contributed by atoms with E-state index in [0.29, 0.717) is 5.76 Å². The second-order valence-corrected chi connectivity index (χ2v) is 5.69. The Balaban J connectivity index is 1.77. The molecule has 6 heteroatoms. The summed E-state index contributed by atoms with van der Waals surface area (Å²) in [5, 5.41) is 0. The lowest BCUT2D eigenvalue weighted by Crippen LogP contribution is -2.23. The van der Waals surface area contributed by atoms with Crippen molar-refractivity contribution in [3.8, 4) is 0 Å². The number of halogens is 2. The van der Waals surface area contributed by atoms with Gasteiger partial charge in [0.15, 0.2) is 5.82 Å². The molecular formula is C19H17F2N3O. The van der Waals surface area contributed by atoms with Crippen LogP contribution in [0, 0.1) is 18.6 Å². The van der Waals surface area contributed by atoms with Gasteiger partial charge in [0.25, 0.3) is 0 Å². The first-order chi connectivity index (χ1) is 12.0. The van der Waals surface area contributed by atoms with Crippen molar-refractivity contribution < 1.29 is 13.5 Å². The fraction of sp³-hybridized carbons (Fsp3) is 0.158. The zero-order valence-electron chi connectivity index (χ0n) is 14.0. The molecule has 0 radical (unpaired) electrons. The largest absolute Gasteiger partial charge is 0.487 e. The Morgan fingerprint density at radius 1 is 1.20 bits per heavy atom. The van der Waals surface area contributed by atoms with Gasteiger partial charge in [0, 0.05) is 35.9 Å². The number of allylic oxidation sites excluding steroid dienone is 3. The summed E-state index contributed by atoms with van der Waals surface area (Å²) in [6.07, 6.45) is 8.06. The normalized spacial score (nSPS) is 14.2.